The molecule has 0 aliphatic carbocycles. The van der Waals surface area contributed by atoms with Crippen molar-refractivity contribution < 1.29 is 19.4 Å². The number of esters is 1. The predicted molar refractivity (Wildman–Crippen MR) is 107 cm³/mol. The summed E-state index contributed by atoms with van der Waals surface area (Å²) in [5.74, 6) is -0.851. The third-order valence-corrected chi connectivity index (χ3v) is 4.22. The zero-order valence-corrected chi connectivity index (χ0v) is 15.5. The highest BCUT2D eigenvalue weighted by molar-refractivity contribution is 5.94. The van der Waals surface area contributed by atoms with E-state index in [0.29, 0.717) is 11.3 Å². The van der Waals surface area contributed by atoms with Crippen LogP contribution in [0.15, 0.2) is 78.9 Å². The van der Waals surface area contributed by atoms with Crippen LogP contribution in [0, 0.1) is 0 Å². The summed E-state index contributed by atoms with van der Waals surface area (Å²) in [6.45, 7) is 1.57. The van der Waals surface area contributed by atoms with Crippen LogP contribution in [0.25, 0.3) is 11.1 Å². The largest absolute Gasteiger partial charge is 0.459 e. The van der Waals surface area contributed by atoms with Gasteiger partial charge in [-0.25, -0.2) is 4.79 Å². The lowest BCUT2D eigenvalue weighted by Crippen LogP contribution is -2.15. The maximum Gasteiger partial charge on any atom is 0.339 e. The van der Waals surface area contributed by atoms with Gasteiger partial charge in [-0.1, -0.05) is 72.8 Å². The Balaban J connectivity index is 1.70. The number of carbonyl (C=O) groups excluding carboxylic acids is 2. The van der Waals surface area contributed by atoms with E-state index in [1.165, 1.54) is 6.92 Å². The molecule has 0 saturated heterocycles. The van der Waals surface area contributed by atoms with Crippen molar-refractivity contribution in [3.63, 3.8) is 0 Å². The van der Waals surface area contributed by atoms with E-state index in [0.717, 1.165) is 16.7 Å². The molecule has 3 aromatic rings. The van der Waals surface area contributed by atoms with E-state index in [1.54, 1.807) is 24.3 Å². The topological polar surface area (TPSA) is 75.6 Å². The van der Waals surface area contributed by atoms with E-state index in [9.17, 15) is 14.7 Å². The van der Waals surface area contributed by atoms with Crippen molar-refractivity contribution in [1.29, 1.82) is 0 Å². The number of para-hydroxylation sites is 1. The Morgan fingerprint density at radius 3 is 2.25 bits per heavy atom. The van der Waals surface area contributed by atoms with Crippen LogP contribution in [-0.2, 0) is 20.9 Å². The molecule has 1 amide bonds. The molecule has 0 radical (unpaired) electrons. The van der Waals surface area contributed by atoms with Crippen molar-refractivity contribution in [2.45, 2.75) is 19.6 Å². The molecule has 0 aliphatic heterocycles. The number of aliphatic hydroxyl groups is 1. The second-order valence-electron chi connectivity index (χ2n) is 6.34. The van der Waals surface area contributed by atoms with Gasteiger partial charge in [0.05, 0.1) is 0 Å². The summed E-state index contributed by atoms with van der Waals surface area (Å²) in [5, 5.41) is 13.1. The maximum atomic E-state index is 12.1. The summed E-state index contributed by atoms with van der Waals surface area (Å²) < 4.78 is 5.19. The van der Waals surface area contributed by atoms with E-state index in [2.05, 4.69) is 5.32 Å². The monoisotopic (exact) mass is 375 g/mol. The van der Waals surface area contributed by atoms with Crippen molar-refractivity contribution in [2.75, 3.05) is 5.32 Å². The van der Waals surface area contributed by atoms with E-state index >= 15 is 0 Å². The highest BCUT2D eigenvalue weighted by atomic mass is 16.5. The van der Waals surface area contributed by atoms with E-state index in [1.807, 2.05) is 54.6 Å². The number of amides is 1. The molecule has 0 spiro atoms. The molecule has 3 rings (SSSR count). The number of hydrogen-bond donors (Lipinski definition) is 2. The zero-order chi connectivity index (χ0) is 19.9. The number of rotatable bonds is 6. The molecule has 28 heavy (non-hydrogen) atoms. The van der Waals surface area contributed by atoms with Gasteiger partial charge < -0.3 is 15.2 Å². The Bertz CT molecular complexity index is 952. The summed E-state index contributed by atoms with van der Waals surface area (Å²) in [7, 11) is 0. The molecule has 2 N–H and O–H groups in total. The Kier molecular flexibility index (Phi) is 6.19. The van der Waals surface area contributed by atoms with Gasteiger partial charge in [0.2, 0.25) is 5.91 Å². The van der Waals surface area contributed by atoms with Crippen LogP contribution < -0.4 is 5.32 Å². The summed E-state index contributed by atoms with van der Waals surface area (Å²) in [6, 6.07) is 23.7. The van der Waals surface area contributed by atoms with Gasteiger partial charge in [0.25, 0.3) is 0 Å². The molecule has 5 nitrogen and oxygen atoms in total. The van der Waals surface area contributed by atoms with Gasteiger partial charge in [-0.3, -0.25) is 4.79 Å². The molecule has 0 aliphatic rings. The van der Waals surface area contributed by atoms with Crippen molar-refractivity contribution in [2.24, 2.45) is 0 Å². The number of anilines is 1. The number of ether oxygens (including phenoxy) is 1. The average molecular weight is 375 g/mol. The second-order valence-corrected chi connectivity index (χ2v) is 6.34. The number of hydrogen-bond acceptors (Lipinski definition) is 4. The minimum atomic E-state index is -1.36. The first-order valence-electron chi connectivity index (χ1n) is 8.90. The lowest BCUT2D eigenvalue weighted by molar-refractivity contribution is -0.155. The van der Waals surface area contributed by atoms with Crippen LogP contribution in [0.2, 0.25) is 0 Å². The van der Waals surface area contributed by atoms with Gasteiger partial charge >= 0.3 is 5.97 Å². The summed E-state index contributed by atoms with van der Waals surface area (Å²) in [5.41, 5.74) is 3.71. The lowest BCUT2D eigenvalue weighted by Gasteiger charge is -2.13. The molecule has 0 saturated carbocycles. The molecular formula is C23H21NO4. The van der Waals surface area contributed by atoms with Crippen LogP contribution in [0.5, 0.6) is 0 Å². The van der Waals surface area contributed by atoms with Crippen LogP contribution in [0.1, 0.15) is 24.2 Å². The first-order chi connectivity index (χ1) is 13.5. The fourth-order valence-electron chi connectivity index (χ4n) is 2.82. The maximum absolute atomic E-state index is 12.1. The smallest absolute Gasteiger partial charge is 0.339 e. The molecule has 1 unspecified atom stereocenters. The summed E-state index contributed by atoms with van der Waals surface area (Å²) in [6.07, 6.45) is -1.36. The van der Waals surface area contributed by atoms with Crippen molar-refractivity contribution in [1.82, 2.24) is 0 Å². The number of benzene rings is 3. The Morgan fingerprint density at radius 2 is 1.57 bits per heavy atom. The van der Waals surface area contributed by atoms with Gasteiger partial charge in [-0.05, 0) is 22.8 Å². The average Bonchev–Trinajstić information content (AvgIpc) is 2.72. The predicted octanol–water partition coefficient (Wildman–Crippen LogP) is 4.09. The first kappa shape index (κ1) is 19.3. The van der Waals surface area contributed by atoms with Crippen LogP contribution >= 0.6 is 0 Å². The summed E-state index contributed by atoms with van der Waals surface area (Å²) in [4.78, 5) is 23.5. The van der Waals surface area contributed by atoms with E-state index < -0.39 is 12.1 Å². The molecule has 0 fully saturated rings. The minimum Gasteiger partial charge on any atom is -0.459 e. The number of nitrogens with one attached hydrogen (secondary N) is 1. The molecule has 0 aromatic heterocycles. The van der Waals surface area contributed by atoms with Crippen LogP contribution in [0.4, 0.5) is 5.69 Å². The van der Waals surface area contributed by atoms with Gasteiger partial charge in [0.15, 0.2) is 6.10 Å². The van der Waals surface area contributed by atoms with Gasteiger partial charge in [-0.15, -0.1) is 0 Å². The molecular weight excluding hydrogens is 354 g/mol. The SMILES string of the molecule is CC(=O)Nc1ccccc1-c1ccc(C(O)C(=O)OCc2ccccc2)cc1. The van der Waals surface area contributed by atoms with E-state index in [-0.39, 0.29) is 12.5 Å². The van der Waals surface area contributed by atoms with Gasteiger partial charge in [-0.2, -0.15) is 0 Å². The highest BCUT2D eigenvalue weighted by Crippen LogP contribution is 2.29. The zero-order valence-electron chi connectivity index (χ0n) is 15.5. The molecule has 5 heteroatoms. The molecule has 0 bridgehead atoms. The van der Waals surface area contributed by atoms with Crippen molar-refractivity contribution in [3.05, 3.63) is 90.0 Å². The second kappa shape index (κ2) is 8.97. The van der Waals surface area contributed by atoms with Gasteiger partial charge in [0, 0.05) is 18.2 Å². The first-order valence-corrected chi connectivity index (χ1v) is 8.90. The Hall–Kier alpha value is -3.44. The molecule has 142 valence electrons. The third kappa shape index (κ3) is 4.84. The Morgan fingerprint density at radius 1 is 0.929 bits per heavy atom. The summed E-state index contributed by atoms with van der Waals surface area (Å²) >= 11 is 0. The molecule has 3 aromatic carbocycles. The third-order valence-electron chi connectivity index (χ3n) is 4.22. The van der Waals surface area contributed by atoms with Crippen molar-refractivity contribution in [3.8, 4) is 11.1 Å². The Labute approximate surface area is 163 Å². The van der Waals surface area contributed by atoms with Crippen molar-refractivity contribution >= 4 is 17.6 Å². The normalized spacial score (nSPS) is 11.5. The van der Waals surface area contributed by atoms with Gasteiger partial charge in [0.1, 0.15) is 6.61 Å². The number of carbonyl (C=O) groups is 2. The molecule has 0 heterocycles. The van der Waals surface area contributed by atoms with Crippen LogP contribution in [-0.4, -0.2) is 17.0 Å². The fraction of sp³-hybridized carbons (Fsp3) is 0.130. The molecule has 1 atom stereocenters. The standard InChI is InChI=1S/C23H21NO4/c1-16(25)24-21-10-6-5-9-20(21)18-11-13-19(14-12-18)22(26)23(27)28-15-17-7-3-2-4-8-17/h2-14,22,26H,15H2,1H3,(H,24,25). The highest BCUT2D eigenvalue weighted by Gasteiger charge is 2.19. The minimum absolute atomic E-state index is 0.110. The van der Waals surface area contributed by atoms with Crippen LogP contribution in [0.3, 0.4) is 0 Å². The quantitative estimate of drug-likeness (QED) is 0.637. The fourth-order valence-corrected chi connectivity index (χ4v) is 2.82. The van der Waals surface area contributed by atoms with E-state index in [4.69, 9.17) is 4.74 Å². The lowest BCUT2D eigenvalue weighted by atomic mass is 10.0. The number of aliphatic hydroxyl groups excluding tert-OH is 1.